The molecular weight excluding hydrogens is 263 g/mol. The van der Waals surface area contributed by atoms with Gasteiger partial charge in [-0.2, -0.15) is 0 Å². The highest BCUT2D eigenvalue weighted by Crippen LogP contribution is 2.17. The maximum absolute atomic E-state index is 13.3. The van der Waals surface area contributed by atoms with Gasteiger partial charge in [0.05, 0.1) is 5.92 Å². The molecule has 0 heterocycles. The van der Waals surface area contributed by atoms with Gasteiger partial charge >= 0.3 is 12.0 Å². The molecule has 6 heteroatoms. The lowest BCUT2D eigenvalue weighted by atomic mass is 9.96. The van der Waals surface area contributed by atoms with E-state index in [4.69, 9.17) is 5.11 Å². The van der Waals surface area contributed by atoms with E-state index >= 15 is 0 Å². The van der Waals surface area contributed by atoms with E-state index in [1.54, 1.807) is 26.8 Å². The summed E-state index contributed by atoms with van der Waals surface area (Å²) in [6.07, 6.45) is 0. The zero-order valence-corrected chi connectivity index (χ0v) is 11.7. The Labute approximate surface area is 117 Å². The summed E-state index contributed by atoms with van der Waals surface area (Å²) in [5.74, 6) is -2.12. The predicted octanol–water partition coefficient (Wildman–Crippen LogP) is 2.61. The van der Waals surface area contributed by atoms with Crippen molar-refractivity contribution < 1.29 is 19.1 Å². The number of nitrogens with one attached hydrogen (secondary N) is 2. The molecule has 0 aromatic heterocycles. The molecule has 1 unspecified atom stereocenters. The Bertz CT molecular complexity index is 503. The van der Waals surface area contributed by atoms with Crippen LogP contribution in [-0.2, 0) is 4.79 Å². The Balaban J connectivity index is 2.60. The molecule has 5 nitrogen and oxygen atoms in total. The average Bonchev–Trinajstić information content (AvgIpc) is 2.34. The van der Waals surface area contributed by atoms with Crippen LogP contribution in [0.25, 0.3) is 0 Å². The van der Waals surface area contributed by atoms with E-state index in [2.05, 4.69) is 10.6 Å². The summed E-state index contributed by atoms with van der Waals surface area (Å²) in [7, 11) is 0. The first-order valence-electron chi connectivity index (χ1n) is 6.35. The number of aliphatic carboxylic acids is 1. The third kappa shape index (κ3) is 4.22. The maximum atomic E-state index is 13.3. The lowest BCUT2D eigenvalue weighted by Gasteiger charge is -2.17. The molecule has 0 radical (unpaired) electrons. The SMILES string of the molecule is Cc1c(F)cccc1NC(=O)NCC(C(=O)O)C(C)C. The minimum Gasteiger partial charge on any atom is -0.481 e. The van der Waals surface area contributed by atoms with Crippen molar-refractivity contribution in [1.82, 2.24) is 5.32 Å². The van der Waals surface area contributed by atoms with Gasteiger partial charge < -0.3 is 15.7 Å². The van der Waals surface area contributed by atoms with Crippen LogP contribution in [0.5, 0.6) is 0 Å². The molecule has 1 atom stereocenters. The highest BCUT2D eigenvalue weighted by Gasteiger charge is 2.22. The second-order valence-corrected chi connectivity index (χ2v) is 4.94. The summed E-state index contributed by atoms with van der Waals surface area (Å²) < 4.78 is 13.3. The van der Waals surface area contributed by atoms with E-state index in [-0.39, 0.29) is 12.5 Å². The first kappa shape index (κ1) is 15.9. The number of benzene rings is 1. The fourth-order valence-corrected chi connectivity index (χ4v) is 1.72. The summed E-state index contributed by atoms with van der Waals surface area (Å²) in [5, 5.41) is 14.0. The number of anilines is 1. The monoisotopic (exact) mass is 282 g/mol. The van der Waals surface area contributed by atoms with Crippen molar-refractivity contribution in [2.45, 2.75) is 20.8 Å². The van der Waals surface area contributed by atoms with E-state index in [0.717, 1.165) is 0 Å². The third-order valence-electron chi connectivity index (χ3n) is 3.12. The molecule has 1 aromatic carbocycles. The summed E-state index contributed by atoms with van der Waals surface area (Å²) in [5.41, 5.74) is 0.695. The molecule has 1 rings (SSSR count). The van der Waals surface area contributed by atoms with Crippen molar-refractivity contribution in [3.63, 3.8) is 0 Å². The minimum absolute atomic E-state index is 0.0210. The molecule has 0 aliphatic rings. The number of carbonyl (C=O) groups is 2. The zero-order valence-electron chi connectivity index (χ0n) is 11.7. The molecule has 2 amide bonds. The summed E-state index contributed by atoms with van der Waals surface area (Å²) in [4.78, 5) is 22.7. The minimum atomic E-state index is -0.956. The number of carboxylic acid groups (broad SMARTS) is 1. The van der Waals surface area contributed by atoms with Crippen LogP contribution < -0.4 is 10.6 Å². The standard InChI is InChI=1S/C14H19FN2O3/c1-8(2)10(13(18)19)7-16-14(20)17-12-6-4-5-11(15)9(12)3/h4-6,8,10H,7H2,1-3H3,(H,18,19)(H2,16,17,20). The van der Waals surface area contributed by atoms with Crippen molar-refractivity contribution in [1.29, 1.82) is 0 Å². The van der Waals surface area contributed by atoms with E-state index in [0.29, 0.717) is 11.3 Å². The van der Waals surface area contributed by atoms with Crippen molar-refractivity contribution in [2.24, 2.45) is 11.8 Å². The molecule has 0 saturated carbocycles. The van der Waals surface area contributed by atoms with Gasteiger partial charge in [0.15, 0.2) is 0 Å². The number of halogens is 1. The fraction of sp³-hybridized carbons (Fsp3) is 0.429. The van der Waals surface area contributed by atoms with Crippen LogP contribution in [0.2, 0.25) is 0 Å². The smallest absolute Gasteiger partial charge is 0.319 e. The van der Waals surface area contributed by atoms with Crippen LogP contribution in [-0.4, -0.2) is 23.7 Å². The summed E-state index contributed by atoms with van der Waals surface area (Å²) >= 11 is 0. The molecule has 0 aliphatic heterocycles. The van der Waals surface area contributed by atoms with Gasteiger partial charge in [0, 0.05) is 17.8 Å². The van der Waals surface area contributed by atoms with Crippen molar-refractivity contribution in [3.05, 3.63) is 29.6 Å². The van der Waals surface area contributed by atoms with E-state index < -0.39 is 23.7 Å². The molecule has 3 N–H and O–H groups in total. The molecule has 0 bridgehead atoms. The topological polar surface area (TPSA) is 78.4 Å². The van der Waals surface area contributed by atoms with Crippen molar-refractivity contribution in [3.8, 4) is 0 Å². The highest BCUT2D eigenvalue weighted by atomic mass is 19.1. The molecule has 0 aliphatic carbocycles. The Morgan fingerprint density at radius 1 is 1.35 bits per heavy atom. The van der Waals surface area contributed by atoms with Gasteiger partial charge in [0.2, 0.25) is 0 Å². The van der Waals surface area contributed by atoms with Gasteiger partial charge in [-0.3, -0.25) is 4.79 Å². The second-order valence-electron chi connectivity index (χ2n) is 4.94. The quantitative estimate of drug-likeness (QED) is 0.776. The number of rotatable bonds is 5. The van der Waals surface area contributed by atoms with Crippen LogP contribution in [0.3, 0.4) is 0 Å². The summed E-state index contributed by atoms with van der Waals surface area (Å²) in [6.45, 7) is 5.12. The maximum Gasteiger partial charge on any atom is 0.319 e. The van der Waals surface area contributed by atoms with Crippen LogP contribution in [0.15, 0.2) is 18.2 Å². The van der Waals surface area contributed by atoms with Gasteiger partial charge in [-0.1, -0.05) is 19.9 Å². The molecule has 0 saturated heterocycles. The first-order valence-corrected chi connectivity index (χ1v) is 6.35. The van der Waals surface area contributed by atoms with E-state index in [1.165, 1.54) is 12.1 Å². The second kappa shape index (κ2) is 6.88. The fourth-order valence-electron chi connectivity index (χ4n) is 1.72. The third-order valence-corrected chi connectivity index (χ3v) is 3.12. The van der Waals surface area contributed by atoms with Crippen molar-refractivity contribution >= 4 is 17.7 Å². The normalized spacial score (nSPS) is 12.1. The van der Waals surface area contributed by atoms with Gasteiger partial charge in [-0.05, 0) is 25.0 Å². The van der Waals surface area contributed by atoms with E-state index in [1.807, 2.05) is 0 Å². The lowest BCUT2D eigenvalue weighted by molar-refractivity contribution is -0.142. The average molecular weight is 282 g/mol. The van der Waals surface area contributed by atoms with Crippen LogP contribution in [0, 0.1) is 24.6 Å². The van der Waals surface area contributed by atoms with E-state index in [9.17, 15) is 14.0 Å². The summed E-state index contributed by atoms with van der Waals surface area (Å²) in [6, 6.07) is 3.82. The van der Waals surface area contributed by atoms with Crippen LogP contribution in [0.4, 0.5) is 14.9 Å². The number of hydrogen-bond donors (Lipinski definition) is 3. The number of carboxylic acids is 1. The van der Waals surface area contributed by atoms with Crippen LogP contribution >= 0.6 is 0 Å². The Morgan fingerprint density at radius 2 is 2.00 bits per heavy atom. The largest absolute Gasteiger partial charge is 0.481 e. The molecular formula is C14H19FN2O3. The Kier molecular flexibility index (Phi) is 5.49. The molecule has 20 heavy (non-hydrogen) atoms. The number of amides is 2. The van der Waals surface area contributed by atoms with Gasteiger partial charge in [-0.15, -0.1) is 0 Å². The highest BCUT2D eigenvalue weighted by molar-refractivity contribution is 5.90. The predicted molar refractivity (Wildman–Crippen MR) is 74.1 cm³/mol. The number of hydrogen-bond acceptors (Lipinski definition) is 2. The number of carbonyl (C=O) groups excluding carboxylic acids is 1. The molecule has 1 aromatic rings. The molecule has 0 fully saturated rings. The molecule has 0 spiro atoms. The Hall–Kier alpha value is -2.11. The van der Waals surface area contributed by atoms with Gasteiger partial charge in [0.25, 0.3) is 0 Å². The zero-order chi connectivity index (χ0) is 15.3. The molecule has 110 valence electrons. The first-order chi connectivity index (χ1) is 9.32. The van der Waals surface area contributed by atoms with Gasteiger partial charge in [-0.25, -0.2) is 9.18 Å². The Morgan fingerprint density at radius 3 is 2.55 bits per heavy atom. The lowest BCUT2D eigenvalue weighted by Crippen LogP contribution is -2.37. The number of urea groups is 1. The van der Waals surface area contributed by atoms with Crippen LogP contribution in [0.1, 0.15) is 19.4 Å². The van der Waals surface area contributed by atoms with Crippen molar-refractivity contribution in [2.75, 3.05) is 11.9 Å². The van der Waals surface area contributed by atoms with Gasteiger partial charge in [0.1, 0.15) is 5.82 Å².